The highest BCUT2D eigenvalue weighted by Crippen LogP contribution is 2.24. The molecule has 0 aliphatic heterocycles. The summed E-state index contributed by atoms with van der Waals surface area (Å²) >= 11 is 0. The molecule has 1 atom stereocenters. The Morgan fingerprint density at radius 1 is 1.05 bits per heavy atom. The Balaban J connectivity index is 2.05. The number of nitrogens with zero attached hydrogens (tertiary/aromatic N) is 2. The van der Waals surface area contributed by atoms with Crippen LogP contribution in [0.15, 0.2) is 48.7 Å². The number of fused-ring (bicyclic) bond motifs is 1. The fourth-order valence-corrected chi connectivity index (χ4v) is 2.46. The van der Waals surface area contributed by atoms with E-state index in [1.165, 1.54) is 0 Å². The zero-order chi connectivity index (χ0) is 14.1. The molecule has 20 heavy (non-hydrogen) atoms. The lowest BCUT2D eigenvalue weighted by atomic mass is 9.98. The normalized spacial score (nSPS) is 12.6. The summed E-state index contributed by atoms with van der Waals surface area (Å²) in [6.45, 7) is 3.98. The van der Waals surface area contributed by atoms with Crippen molar-refractivity contribution >= 4 is 10.9 Å². The SMILES string of the molecule is Cc1ccc(C(N)c2cnc3ccccc3c2)c(C)n1. The van der Waals surface area contributed by atoms with E-state index < -0.39 is 0 Å². The first-order valence-electron chi connectivity index (χ1n) is 6.69. The van der Waals surface area contributed by atoms with Crippen LogP contribution < -0.4 is 5.73 Å². The zero-order valence-electron chi connectivity index (χ0n) is 11.7. The lowest BCUT2D eigenvalue weighted by Crippen LogP contribution is -2.14. The molecule has 3 heteroatoms. The van der Waals surface area contributed by atoms with E-state index in [0.29, 0.717) is 0 Å². The van der Waals surface area contributed by atoms with Gasteiger partial charge in [-0.2, -0.15) is 0 Å². The lowest BCUT2D eigenvalue weighted by molar-refractivity contribution is 0.840. The predicted octanol–water partition coefficient (Wildman–Crippen LogP) is 3.29. The van der Waals surface area contributed by atoms with Crippen molar-refractivity contribution in [2.24, 2.45) is 5.73 Å². The molecule has 1 aromatic carbocycles. The van der Waals surface area contributed by atoms with Gasteiger partial charge in [0.25, 0.3) is 0 Å². The first-order valence-corrected chi connectivity index (χ1v) is 6.69. The molecule has 100 valence electrons. The fourth-order valence-electron chi connectivity index (χ4n) is 2.46. The molecule has 0 fully saturated rings. The molecule has 0 bridgehead atoms. The number of hydrogen-bond donors (Lipinski definition) is 1. The summed E-state index contributed by atoms with van der Waals surface area (Å²) in [4.78, 5) is 8.96. The minimum atomic E-state index is -0.194. The van der Waals surface area contributed by atoms with Crippen LogP contribution in [0.3, 0.4) is 0 Å². The van der Waals surface area contributed by atoms with Crippen LogP contribution in [0.4, 0.5) is 0 Å². The molecule has 2 N–H and O–H groups in total. The number of nitrogens with two attached hydrogens (primary N) is 1. The van der Waals surface area contributed by atoms with E-state index in [0.717, 1.165) is 33.4 Å². The lowest BCUT2D eigenvalue weighted by Gasteiger charge is -2.15. The summed E-state index contributed by atoms with van der Waals surface area (Å²) in [6, 6.07) is 14.0. The number of aryl methyl sites for hydroxylation is 2. The number of para-hydroxylation sites is 1. The quantitative estimate of drug-likeness (QED) is 0.771. The predicted molar refractivity (Wildman–Crippen MR) is 81.5 cm³/mol. The third-order valence-corrected chi connectivity index (χ3v) is 3.57. The number of benzene rings is 1. The average Bonchev–Trinajstić information content (AvgIpc) is 2.46. The molecule has 2 heterocycles. The topological polar surface area (TPSA) is 51.8 Å². The van der Waals surface area contributed by atoms with Gasteiger partial charge in [0.2, 0.25) is 0 Å². The number of pyridine rings is 2. The standard InChI is InChI=1S/C17H17N3/c1-11-7-8-15(12(2)20-11)17(18)14-9-13-5-3-4-6-16(13)19-10-14/h3-10,17H,18H2,1-2H3. The smallest absolute Gasteiger partial charge is 0.0702 e. The van der Waals surface area contributed by atoms with Gasteiger partial charge in [0.1, 0.15) is 0 Å². The highest BCUT2D eigenvalue weighted by Gasteiger charge is 2.13. The van der Waals surface area contributed by atoms with Gasteiger partial charge in [-0.25, -0.2) is 0 Å². The van der Waals surface area contributed by atoms with Crippen molar-refractivity contribution in [1.29, 1.82) is 0 Å². The van der Waals surface area contributed by atoms with Crippen LogP contribution in [0.2, 0.25) is 0 Å². The van der Waals surface area contributed by atoms with Crippen molar-refractivity contribution < 1.29 is 0 Å². The summed E-state index contributed by atoms with van der Waals surface area (Å²) in [5, 5.41) is 1.11. The third-order valence-electron chi connectivity index (χ3n) is 3.57. The summed E-state index contributed by atoms with van der Waals surface area (Å²) in [6.07, 6.45) is 1.85. The Kier molecular flexibility index (Phi) is 3.20. The van der Waals surface area contributed by atoms with E-state index in [1.54, 1.807) is 0 Å². The molecule has 0 amide bonds. The minimum Gasteiger partial charge on any atom is -0.320 e. The first-order chi connectivity index (χ1) is 9.65. The maximum absolute atomic E-state index is 6.38. The summed E-state index contributed by atoms with van der Waals surface area (Å²) in [5.74, 6) is 0. The number of aromatic nitrogens is 2. The highest BCUT2D eigenvalue weighted by atomic mass is 14.7. The van der Waals surface area contributed by atoms with Gasteiger partial charge in [-0.05, 0) is 43.2 Å². The molecule has 3 rings (SSSR count). The van der Waals surface area contributed by atoms with Crippen LogP contribution >= 0.6 is 0 Å². The van der Waals surface area contributed by atoms with Crippen molar-refractivity contribution in [3.8, 4) is 0 Å². The van der Waals surface area contributed by atoms with Gasteiger partial charge in [-0.3, -0.25) is 9.97 Å². The Labute approximate surface area is 118 Å². The van der Waals surface area contributed by atoms with Crippen molar-refractivity contribution in [3.63, 3.8) is 0 Å². The van der Waals surface area contributed by atoms with E-state index in [2.05, 4.69) is 28.2 Å². The Hall–Kier alpha value is -2.26. The third kappa shape index (κ3) is 2.28. The minimum absolute atomic E-state index is 0.194. The van der Waals surface area contributed by atoms with Crippen LogP contribution in [0, 0.1) is 13.8 Å². The molecule has 0 aliphatic carbocycles. The number of rotatable bonds is 2. The second-order valence-electron chi connectivity index (χ2n) is 5.07. The first kappa shape index (κ1) is 12.8. The summed E-state index contributed by atoms with van der Waals surface area (Å²) in [5.41, 5.74) is 11.4. The highest BCUT2D eigenvalue weighted by molar-refractivity contribution is 5.78. The monoisotopic (exact) mass is 263 g/mol. The molecule has 0 saturated carbocycles. The van der Waals surface area contributed by atoms with Crippen LogP contribution in [0.1, 0.15) is 28.6 Å². The van der Waals surface area contributed by atoms with Gasteiger partial charge in [0.05, 0.1) is 11.6 Å². The van der Waals surface area contributed by atoms with Crippen LogP contribution in [-0.4, -0.2) is 9.97 Å². The fraction of sp³-hybridized carbons (Fsp3) is 0.176. The molecule has 3 nitrogen and oxygen atoms in total. The van der Waals surface area contributed by atoms with E-state index in [1.807, 2.05) is 44.3 Å². The maximum Gasteiger partial charge on any atom is 0.0702 e. The van der Waals surface area contributed by atoms with Crippen LogP contribution in [0.25, 0.3) is 10.9 Å². The van der Waals surface area contributed by atoms with Crippen molar-refractivity contribution in [2.45, 2.75) is 19.9 Å². The molecule has 0 radical (unpaired) electrons. The van der Waals surface area contributed by atoms with Crippen LogP contribution in [0.5, 0.6) is 0 Å². The molecule has 1 unspecified atom stereocenters. The van der Waals surface area contributed by atoms with Gasteiger partial charge < -0.3 is 5.73 Å². The van der Waals surface area contributed by atoms with Crippen molar-refractivity contribution in [1.82, 2.24) is 9.97 Å². The zero-order valence-corrected chi connectivity index (χ0v) is 11.7. The number of hydrogen-bond acceptors (Lipinski definition) is 3. The van der Waals surface area contributed by atoms with Crippen molar-refractivity contribution in [2.75, 3.05) is 0 Å². The molecular weight excluding hydrogens is 246 g/mol. The molecule has 3 aromatic rings. The van der Waals surface area contributed by atoms with Gasteiger partial charge in [-0.15, -0.1) is 0 Å². The van der Waals surface area contributed by atoms with E-state index >= 15 is 0 Å². The molecule has 0 spiro atoms. The molecule has 0 saturated heterocycles. The van der Waals surface area contributed by atoms with E-state index in [-0.39, 0.29) is 6.04 Å². The Morgan fingerprint density at radius 2 is 1.85 bits per heavy atom. The second kappa shape index (κ2) is 5.02. The largest absolute Gasteiger partial charge is 0.320 e. The average molecular weight is 263 g/mol. The van der Waals surface area contributed by atoms with Gasteiger partial charge in [-0.1, -0.05) is 24.3 Å². The van der Waals surface area contributed by atoms with E-state index in [9.17, 15) is 0 Å². The van der Waals surface area contributed by atoms with Crippen LogP contribution in [-0.2, 0) is 0 Å². The second-order valence-corrected chi connectivity index (χ2v) is 5.07. The Morgan fingerprint density at radius 3 is 2.65 bits per heavy atom. The molecule has 2 aromatic heterocycles. The van der Waals surface area contributed by atoms with Gasteiger partial charge in [0.15, 0.2) is 0 Å². The summed E-state index contributed by atoms with van der Waals surface area (Å²) in [7, 11) is 0. The Bertz CT molecular complexity index is 765. The molecular formula is C17H17N3. The summed E-state index contributed by atoms with van der Waals surface area (Å²) < 4.78 is 0. The molecule has 0 aliphatic rings. The maximum atomic E-state index is 6.38. The van der Waals surface area contributed by atoms with Gasteiger partial charge >= 0.3 is 0 Å². The van der Waals surface area contributed by atoms with E-state index in [4.69, 9.17) is 5.73 Å². The van der Waals surface area contributed by atoms with Crippen molar-refractivity contribution in [3.05, 3.63) is 71.2 Å². The van der Waals surface area contributed by atoms with Gasteiger partial charge in [0, 0.05) is 23.0 Å².